The molecule has 20 heavy (non-hydrogen) atoms. The number of nitrogen functional groups attached to an aromatic ring is 1. The van der Waals surface area contributed by atoms with E-state index in [1.54, 1.807) is 24.1 Å². The quantitative estimate of drug-likeness (QED) is 0.794. The van der Waals surface area contributed by atoms with Gasteiger partial charge in [0.1, 0.15) is 10.7 Å². The number of hydrogen-bond donors (Lipinski definition) is 2. The first kappa shape index (κ1) is 14.5. The summed E-state index contributed by atoms with van der Waals surface area (Å²) in [5, 5.41) is 3.98. The van der Waals surface area contributed by atoms with Crippen LogP contribution in [0.1, 0.15) is 5.56 Å². The summed E-state index contributed by atoms with van der Waals surface area (Å²) in [5.41, 5.74) is 6.29. The number of anilines is 1. The highest BCUT2D eigenvalue weighted by molar-refractivity contribution is 7.89. The normalized spacial score (nSPS) is 11.7. The minimum absolute atomic E-state index is 0.112. The number of nitrogens with zero attached hydrogens (tertiary/aromatic N) is 2. The summed E-state index contributed by atoms with van der Waals surface area (Å²) in [7, 11) is -2.19. The van der Waals surface area contributed by atoms with Gasteiger partial charge in [0.05, 0.1) is 11.9 Å². The molecule has 0 radical (unpaired) electrons. The Morgan fingerprint density at radius 2 is 2.20 bits per heavy atom. The van der Waals surface area contributed by atoms with Gasteiger partial charge in [-0.1, -0.05) is 6.07 Å². The molecule has 3 N–H and O–H groups in total. The zero-order valence-corrected chi connectivity index (χ0v) is 11.7. The number of aromatic nitrogens is 2. The predicted molar refractivity (Wildman–Crippen MR) is 72.9 cm³/mol. The molecule has 0 spiro atoms. The molecule has 2 rings (SSSR count). The highest BCUT2D eigenvalue weighted by atomic mass is 32.2. The number of sulfonamides is 1. The van der Waals surface area contributed by atoms with Crippen molar-refractivity contribution in [1.82, 2.24) is 14.5 Å². The molecule has 0 atom stereocenters. The Labute approximate surface area is 116 Å². The number of nitrogens with one attached hydrogen (secondary N) is 1. The van der Waals surface area contributed by atoms with Crippen LogP contribution in [0.3, 0.4) is 0 Å². The van der Waals surface area contributed by atoms with Gasteiger partial charge in [-0.25, -0.2) is 17.5 Å². The molecule has 0 saturated heterocycles. The zero-order valence-electron chi connectivity index (χ0n) is 10.9. The Hall–Kier alpha value is -1.93. The van der Waals surface area contributed by atoms with Crippen LogP contribution in [-0.4, -0.2) is 24.7 Å². The average molecular weight is 298 g/mol. The van der Waals surface area contributed by atoms with E-state index in [9.17, 15) is 12.8 Å². The molecule has 0 bridgehead atoms. The first-order chi connectivity index (χ1) is 9.40. The summed E-state index contributed by atoms with van der Waals surface area (Å²) in [6, 6.07) is 3.77. The molecular weight excluding hydrogens is 283 g/mol. The van der Waals surface area contributed by atoms with Gasteiger partial charge >= 0.3 is 0 Å². The van der Waals surface area contributed by atoms with Crippen molar-refractivity contribution in [2.24, 2.45) is 7.05 Å². The smallest absolute Gasteiger partial charge is 0.245 e. The largest absolute Gasteiger partial charge is 0.398 e. The zero-order chi connectivity index (χ0) is 14.8. The molecule has 0 unspecified atom stereocenters. The van der Waals surface area contributed by atoms with E-state index in [2.05, 4.69) is 9.82 Å². The Kier molecular flexibility index (Phi) is 4.05. The van der Waals surface area contributed by atoms with Crippen LogP contribution in [0, 0.1) is 5.82 Å². The number of hydrogen-bond acceptors (Lipinski definition) is 4. The number of aryl methyl sites for hydroxylation is 1. The lowest BCUT2D eigenvalue weighted by Gasteiger charge is -2.09. The Bertz CT molecular complexity index is 692. The van der Waals surface area contributed by atoms with Crippen molar-refractivity contribution in [2.75, 3.05) is 12.3 Å². The lowest BCUT2D eigenvalue weighted by molar-refractivity contribution is 0.558. The maximum atomic E-state index is 13.6. The lowest BCUT2D eigenvalue weighted by atomic mass is 10.3. The van der Waals surface area contributed by atoms with Crippen LogP contribution in [0.5, 0.6) is 0 Å². The van der Waals surface area contributed by atoms with E-state index in [0.717, 1.165) is 11.6 Å². The van der Waals surface area contributed by atoms with Gasteiger partial charge in [-0.15, -0.1) is 0 Å². The second-order valence-corrected chi connectivity index (χ2v) is 6.03. The van der Waals surface area contributed by atoms with E-state index in [-0.39, 0.29) is 12.2 Å². The van der Waals surface area contributed by atoms with E-state index in [1.807, 2.05) is 0 Å². The summed E-state index contributed by atoms with van der Waals surface area (Å²) in [5.74, 6) is -0.862. The van der Waals surface area contributed by atoms with Crippen LogP contribution in [0.25, 0.3) is 0 Å². The second-order valence-electron chi connectivity index (χ2n) is 4.33. The molecule has 0 aliphatic heterocycles. The first-order valence-corrected chi connectivity index (χ1v) is 7.39. The molecule has 8 heteroatoms. The van der Waals surface area contributed by atoms with Crippen LogP contribution in [0.15, 0.2) is 35.5 Å². The van der Waals surface area contributed by atoms with Gasteiger partial charge in [-0.2, -0.15) is 5.10 Å². The van der Waals surface area contributed by atoms with E-state index >= 15 is 0 Å². The molecule has 2 aromatic rings. The van der Waals surface area contributed by atoms with Crippen molar-refractivity contribution in [3.8, 4) is 0 Å². The fourth-order valence-corrected chi connectivity index (χ4v) is 3.03. The van der Waals surface area contributed by atoms with Gasteiger partial charge in [0.2, 0.25) is 10.0 Å². The summed E-state index contributed by atoms with van der Waals surface area (Å²) in [6.07, 6.45) is 3.89. The van der Waals surface area contributed by atoms with Crippen LogP contribution < -0.4 is 10.5 Å². The van der Waals surface area contributed by atoms with Gasteiger partial charge in [0.15, 0.2) is 0 Å². The van der Waals surface area contributed by atoms with Crippen molar-refractivity contribution < 1.29 is 12.8 Å². The van der Waals surface area contributed by atoms with E-state index in [0.29, 0.717) is 6.42 Å². The monoisotopic (exact) mass is 298 g/mol. The predicted octanol–water partition coefficient (Wildman–Crippen LogP) is 0.662. The van der Waals surface area contributed by atoms with Gasteiger partial charge in [0.25, 0.3) is 0 Å². The lowest BCUT2D eigenvalue weighted by Crippen LogP contribution is -2.27. The molecule has 108 valence electrons. The summed E-state index contributed by atoms with van der Waals surface area (Å²) >= 11 is 0. The number of halogens is 1. The fraction of sp³-hybridized carbons (Fsp3) is 0.250. The average Bonchev–Trinajstić information content (AvgIpc) is 2.74. The summed E-state index contributed by atoms with van der Waals surface area (Å²) in [6.45, 7) is 0.141. The number of nitrogens with two attached hydrogens (primary N) is 1. The summed E-state index contributed by atoms with van der Waals surface area (Å²) < 4.78 is 41.6. The number of rotatable bonds is 5. The number of benzene rings is 1. The van der Waals surface area contributed by atoms with Gasteiger partial charge in [0, 0.05) is 19.8 Å². The van der Waals surface area contributed by atoms with Gasteiger partial charge < -0.3 is 5.73 Å². The second kappa shape index (κ2) is 5.59. The molecule has 0 saturated carbocycles. The molecule has 0 fully saturated rings. The third-order valence-corrected chi connectivity index (χ3v) is 4.28. The van der Waals surface area contributed by atoms with Crippen LogP contribution >= 0.6 is 0 Å². The van der Waals surface area contributed by atoms with Crippen molar-refractivity contribution in [1.29, 1.82) is 0 Å². The van der Waals surface area contributed by atoms with E-state index < -0.39 is 20.7 Å². The van der Waals surface area contributed by atoms with Crippen molar-refractivity contribution >= 4 is 15.7 Å². The maximum Gasteiger partial charge on any atom is 0.245 e. The molecular formula is C12H15FN4O2S. The molecule has 0 aliphatic rings. The van der Waals surface area contributed by atoms with Crippen LogP contribution in [0.2, 0.25) is 0 Å². The van der Waals surface area contributed by atoms with Crippen molar-refractivity contribution in [2.45, 2.75) is 11.3 Å². The molecule has 1 aromatic heterocycles. The Morgan fingerprint density at radius 1 is 1.45 bits per heavy atom. The van der Waals surface area contributed by atoms with Gasteiger partial charge in [-0.05, 0) is 24.1 Å². The highest BCUT2D eigenvalue weighted by Crippen LogP contribution is 2.21. The minimum Gasteiger partial charge on any atom is -0.398 e. The first-order valence-electron chi connectivity index (χ1n) is 5.91. The fourth-order valence-electron chi connectivity index (χ4n) is 1.81. The minimum atomic E-state index is -3.96. The third kappa shape index (κ3) is 3.14. The van der Waals surface area contributed by atoms with Crippen LogP contribution in [-0.2, 0) is 23.5 Å². The van der Waals surface area contributed by atoms with Gasteiger partial charge in [-0.3, -0.25) is 4.68 Å². The highest BCUT2D eigenvalue weighted by Gasteiger charge is 2.21. The third-order valence-electron chi connectivity index (χ3n) is 2.73. The standard InChI is InChI=1S/C12H15FN4O2S/c1-17-8-9(7-15-17)5-6-16-20(18,19)12-10(13)3-2-4-11(12)14/h2-4,7-8,16H,5-6,14H2,1H3. The molecule has 1 heterocycles. The maximum absolute atomic E-state index is 13.6. The SMILES string of the molecule is Cn1cc(CCNS(=O)(=O)c2c(N)cccc2F)cn1. The topological polar surface area (TPSA) is 90.0 Å². The molecule has 1 aromatic carbocycles. The molecule has 6 nitrogen and oxygen atoms in total. The van der Waals surface area contributed by atoms with E-state index in [1.165, 1.54) is 12.1 Å². The van der Waals surface area contributed by atoms with Crippen molar-refractivity contribution in [3.05, 3.63) is 42.0 Å². The molecule has 0 amide bonds. The van der Waals surface area contributed by atoms with Crippen LogP contribution in [0.4, 0.5) is 10.1 Å². The molecule has 0 aliphatic carbocycles. The summed E-state index contributed by atoms with van der Waals surface area (Å²) in [4.78, 5) is -0.508. The Morgan fingerprint density at radius 3 is 2.80 bits per heavy atom. The Balaban J connectivity index is 2.08. The van der Waals surface area contributed by atoms with E-state index in [4.69, 9.17) is 5.73 Å². The van der Waals surface area contributed by atoms with Crippen molar-refractivity contribution in [3.63, 3.8) is 0 Å².